The van der Waals surface area contributed by atoms with Gasteiger partial charge in [-0.1, -0.05) is 11.6 Å². The Morgan fingerprint density at radius 2 is 2.36 bits per heavy atom. The number of rotatable bonds is 3. The fourth-order valence-electron chi connectivity index (χ4n) is 0.576. The summed E-state index contributed by atoms with van der Waals surface area (Å²) in [4.78, 5) is 12.4. The van der Waals surface area contributed by atoms with E-state index in [1.54, 1.807) is 13.3 Å². The van der Waals surface area contributed by atoms with E-state index in [2.05, 4.69) is 20.3 Å². The molecule has 4 nitrogen and oxygen atoms in total. The molecule has 0 aliphatic rings. The van der Waals surface area contributed by atoms with Crippen molar-refractivity contribution in [2.45, 2.75) is 6.54 Å². The average molecular weight is 174 g/mol. The Morgan fingerprint density at radius 3 is 2.91 bits per heavy atom. The van der Waals surface area contributed by atoms with Crippen molar-refractivity contribution in [2.75, 3.05) is 7.11 Å². The summed E-state index contributed by atoms with van der Waals surface area (Å²) < 4.78 is 0. The normalized spacial score (nSPS) is 10.0. The van der Waals surface area contributed by atoms with Crippen LogP contribution in [0.1, 0.15) is 5.69 Å². The standard InChI is InChI=1S/C6H8ClN3O/c1-11-10-3-5-2-9-6(7)4-8-5/h2,4,10H,3H2,1H3. The van der Waals surface area contributed by atoms with Gasteiger partial charge in [-0.05, 0) is 0 Å². The van der Waals surface area contributed by atoms with E-state index in [0.29, 0.717) is 11.7 Å². The molecule has 5 heteroatoms. The van der Waals surface area contributed by atoms with Crippen molar-refractivity contribution in [2.24, 2.45) is 0 Å². The number of nitrogens with zero attached hydrogens (tertiary/aromatic N) is 2. The first-order chi connectivity index (χ1) is 5.33. The first-order valence-electron chi connectivity index (χ1n) is 3.05. The molecule has 0 radical (unpaired) electrons. The van der Waals surface area contributed by atoms with Gasteiger partial charge in [-0.15, -0.1) is 0 Å². The lowest BCUT2D eigenvalue weighted by Gasteiger charge is -1.99. The Labute approximate surface area is 69.5 Å². The summed E-state index contributed by atoms with van der Waals surface area (Å²) in [5.41, 5.74) is 3.43. The van der Waals surface area contributed by atoms with E-state index in [1.807, 2.05) is 0 Å². The van der Waals surface area contributed by atoms with E-state index >= 15 is 0 Å². The Kier molecular flexibility index (Phi) is 3.22. The topological polar surface area (TPSA) is 47.0 Å². The number of halogens is 1. The lowest BCUT2D eigenvalue weighted by Crippen LogP contribution is -2.11. The van der Waals surface area contributed by atoms with Crippen LogP contribution >= 0.6 is 11.6 Å². The second-order valence-electron chi connectivity index (χ2n) is 1.86. The number of aromatic nitrogens is 2. The maximum Gasteiger partial charge on any atom is 0.147 e. The van der Waals surface area contributed by atoms with E-state index in [9.17, 15) is 0 Å². The van der Waals surface area contributed by atoms with Crippen LogP contribution in [-0.4, -0.2) is 17.1 Å². The van der Waals surface area contributed by atoms with Gasteiger partial charge in [0.25, 0.3) is 0 Å². The lowest BCUT2D eigenvalue weighted by atomic mass is 10.5. The summed E-state index contributed by atoms with van der Waals surface area (Å²) in [5, 5.41) is 0.395. The molecule has 11 heavy (non-hydrogen) atoms. The predicted molar refractivity (Wildman–Crippen MR) is 40.9 cm³/mol. The minimum absolute atomic E-state index is 0.395. The second-order valence-corrected chi connectivity index (χ2v) is 2.24. The zero-order valence-corrected chi connectivity index (χ0v) is 6.80. The molecular formula is C6H8ClN3O. The van der Waals surface area contributed by atoms with E-state index < -0.39 is 0 Å². The van der Waals surface area contributed by atoms with Gasteiger partial charge in [0.15, 0.2) is 0 Å². The van der Waals surface area contributed by atoms with Crippen LogP contribution in [-0.2, 0) is 11.4 Å². The van der Waals surface area contributed by atoms with Gasteiger partial charge in [-0.25, -0.2) is 4.98 Å². The molecule has 0 saturated heterocycles. The predicted octanol–water partition coefficient (Wildman–Crippen LogP) is 0.781. The van der Waals surface area contributed by atoms with E-state index in [1.165, 1.54) is 6.20 Å². The van der Waals surface area contributed by atoms with Crippen molar-refractivity contribution in [1.29, 1.82) is 0 Å². The fourth-order valence-corrected chi connectivity index (χ4v) is 0.674. The van der Waals surface area contributed by atoms with Gasteiger partial charge in [-0.3, -0.25) is 4.98 Å². The second kappa shape index (κ2) is 4.23. The zero-order chi connectivity index (χ0) is 8.10. The zero-order valence-electron chi connectivity index (χ0n) is 6.04. The number of nitrogens with one attached hydrogen (secondary N) is 1. The Morgan fingerprint density at radius 1 is 1.55 bits per heavy atom. The van der Waals surface area contributed by atoms with Gasteiger partial charge in [-0.2, -0.15) is 5.48 Å². The summed E-state index contributed by atoms with van der Waals surface area (Å²) in [7, 11) is 1.54. The molecule has 0 aliphatic carbocycles. The van der Waals surface area contributed by atoms with Crippen LogP contribution in [0.2, 0.25) is 5.15 Å². The van der Waals surface area contributed by atoms with Gasteiger partial charge in [0.1, 0.15) is 5.15 Å². The fraction of sp³-hybridized carbons (Fsp3) is 0.333. The third kappa shape index (κ3) is 2.80. The van der Waals surface area contributed by atoms with Gasteiger partial charge in [0.2, 0.25) is 0 Å². The van der Waals surface area contributed by atoms with Crippen LogP contribution in [0, 0.1) is 0 Å². The summed E-state index contributed by atoms with van der Waals surface area (Å²) in [6.07, 6.45) is 3.09. The maximum absolute atomic E-state index is 5.52. The summed E-state index contributed by atoms with van der Waals surface area (Å²) in [6, 6.07) is 0. The number of hydrogen-bond acceptors (Lipinski definition) is 4. The highest BCUT2D eigenvalue weighted by Gasteiger charge is 1.93. The molecule has 0 fully saturated rings. The largest absolute Gasteiger partial charge is 0.305 e. The molecule has 0 amide bonds. The molecule has 1 heterocycles. The van der Waals surface area contributed by atoms with Crippen molar-refractivity contribution in [3.05, 3.63) is 23.2 Å². The number of hydrogen-bond donors (Lipinski definition) is 1. The lowest BCUT2D eigenvalue weighted by molar-refractivity contribution is 0.0857. The third-order valence-electron chi connectivity index (χ3n) is 1.07. The molecule has 0 unspecified atom stereocenters. The van der Waals surface area contributed by atoms with Gasteiger partial charge in [0, 0.05) is 0 Å². The molecule has 0 aromatic carbocycles. The molecule has 1 N–H and O–H groups in total. The maximum atomic E-state index is 5.52. The SMILES string of the molecule is CONCc1cnc(Cl)cn1. The molecule has 1 rings (SSSR count). The van der Waals surface area contributed by atoms with E-state index in [0.717, 1.165) is 5.69 Å². The van der Waals surface area contributed by atoms with Crippen LogP contribution in [0.15, 0.2) is 12.4 Å². The summed E-state index contributed by atoms with van der Waals surface area (Å²) >= 11 is 5.52. The quantitative estimate of drug-likeness (QED) is 0.687. The molecule has 1 aromatic heterocycles. The highest BCUT2D eigenvalue weighted by Crippen LogP contribution is 2.00. The Bertz CT molecular complexity index is 214. The summed E-state index contributed by atoms with van der Waals surface area (Å²) in [5.74, 6) is 0. The van der Waals surface area contributed by atoms with Gasteiger partial charge in [0.05, 0.1) is 31.7 Å². The molecular weight excluding hydrogens is 166 g/mol. The van der Waals surface area contributed by atoms with Crippen LogP contribution in [0.3, 0.4) is 0 Å². The van der Waals surface area contributed by atoms with Crippen molar-refractivity contribution in [3.8, 4) is 0 Å². The van der Waals surface area contributed by atoms with Gasteiger partial charge < -0.3 is 4.84 Å². The van der Waals surface area contributed by atoms with Gasteiger partial charge >= 0.3 is 0 Å². The minimum Gasteiger partial charge on any atom is -0.305 e. The summed E-state index contributed by atoms with van der Waals surface area (Å²) in [6.45, 7) is 0.528. The monoisotopic (exact) mass is 173 g/mol. The van der Waals surface area contributed by atoms with E-state index in [4.69, 9.17) is 11.6 Å². The molecule has 0 saturated carbocycles. The molecule has 60 valence electrons. The molecule has 0 atom stereocenters. The smallest absolute Gasteiger partial charge is 0.147 e. The van der Waals surface area contributed by atoms with Crippen LogP contribution in [0.5, 0.6) is 0 Å². The Balaban J connectivity index is 2.52. The van der Waals surface area contributed by atoms with Crippen molar-refractivity contribution < 1.29 is 4.84 Å². The molecule has 1 aromatic rings. The first-order valence-corrected chi connectivity index (χ1v) is 3.43. The molecule has 0 aliphatic heterocycles. The highest BCUT2D eigenvalue weighted by atomic mass is 35.5. The van der Waals surface area contributed by atoms with Crippen molar-refractivity contribution in [3.63, 3.8) is 0 Å². The van der Waals surface area contributed by atoms with Crippen molar-refractivity contribution in [1.82, 2.24) is 15.4 Å². The van der Waals surface area contributed by atoms with Crippen molar-refractivity contribution >= 4 is 11.6 Å². The molecule has 0 spiro atoms. The first kappa shape index (κ1) is 8.39. The third-order valence-corrected chi connectivity index (χ3v) is 1.27. The number of hydroxylamine groups is 1. The van der Waals surface area contributed by atoms with Crippen LogP contribution in [0.4, 0.5) is 0 Å². The van der Waals surface area contributed by atoms with E-state index in [-0.39, 0.29) is 0 Å². The highest BCUT2D eigenvalue weighted by molar-refractivity contribution is 6.29. The minimum atomic E-state index is 0.395. The van der Waals surface area contributed by atoms with Crippen LogP contribution in [0.25, 0.3) is 0 Å². The Hall–Kier alpha value is -0.710. The molecule has 0 bridgehead atoms. The van der Waals surface area contributed by atoms with Crippen LogP contribution < -0.4 is 5.48 Å². The average Bonchev–Trinajstić information content (AvgIpc) is 2.04.